The second kappa shape index (κ2) is 9.27. The number of unbranched alkanes of at least 4 members (excludes halogenated alkanes) is 3. The summed E-state index contributed by atoms with van der Waals surface area (Å²) in [6, 6.07) is 10.9. The molecule has 0 amide bonds. The maximum Gasteiger partial charge on any atom is -0.0197 e. The van der Waals surface area contributed by atoms with E-state index in [1.165, 1.54) is 56.9 Å². The zero-order valence-electron chi connectivity index (χ0n) is 11.5. The van der Waals surface area contributed by atoms with Gasteiger partial charge < -0.3 is 0 Å². The maximum absolute atomic E-state index is 2.29. The molecule has 1 radical (unpaired) electrons. The normalized spacial score (nSPS) is 11.0. The smallest absolute Gasteiger partial charge is 0.0197 e. The highest BCUT2D eigenvalue weighted by Gasteiger charge is 2.08. The average molecular weight is 231 g/mol. The molecule has 0 atom stereocenters. The molecule has 0 fully saturated rings. The van der Waals surface area contributed by atoms with Gasteiger partial charge in [0.25, 0.3) is 0 Å². The summed E-state index contributed by atoms with van der Waals surface area (Å²) in [5.74, 6) is 1.75. The van der Waals surface area contributed by atoms with Crippen molar-refractivity contribution in [2.45, 2.75) is 65.2 Å². The van der Waals surface area contributed by atoms with Gasteiger partial charge in [0, 0.05) is 0 Å². The fraction of sp³-hybridized carbons (Fsp3) is 0.588. The van der Waals surface area contributed by atoms with Crippen molar-refractivity contribution in [2.24, 2.45) is 0 Å². The summed E-state index contributed by atoms with van der Waals surface area (Å²) >= 11 is 0. The van der Waals surface area contributed by atoms with Gasteiger partial charge >= 0.3 is 0 Å². The van der Waals surface area contributed by atoms with Crippen LogP contribution in [0.15, 0.2) is 30.3 Å². The first kappa shape index (κ1) is 14.3. The molecule has 0 N–H and O–H groups in total. The summed E-state index contributed by atoms with van der Waals surface area (Å²) in [6.07, 6.45) is 10.6. The Bertz CT molecular complexity index is 263. The lowest BCUT2D eigenvalue weighted by Crippen LogP contribution is -2.02. The van der Waals surface area contributed by atoms with E-state index >= 15 is 0 Å². The van der Waals surface area contributed by atoms with E-state index in [9.17, 15) is 0 Å². The molecule has 0 spiro atoms. The number of hydrogen-bond donors (Lipinski definition) is 0. The van der Waals surface area contributed by atoms with Crippen LogP contribution >= 0.6 is 0 Å². The lowest BCUT2D eigenvalue weighted by atomic mass is 9.90. The van der Waals surface area contributed by atoms with Crippen molar-refractivity contribution in [3.63, 3.8) is 0 Å². The van der Waals surface area contributed by atoms with E-state index in [0.29, 0.717) is 0 Å². The van der Waals surface area contributed by atoms with Crippen LogP contribution in [0.4, 0.5) is 0 Å². The Labute approximate surface area is 107 Å². The van der Waals surface area contributed by atoms with Crippen molar-refractivity contribution in [1.29, 1.82) is 0 Å². The fourth-order valence-corrected chi connectivity index (χ4v) is 2.34. The second-order valence-corrected chi connectivity index (χ2v) is 4.97. The van der Waals surface area contributed by atoms with Gasteiger partial charge in [0.05, 0.1) is 0 Å². The third-order valence-corrected chi connectivity index (χ3v) is 3.28. The summed E-state index contributed by atoms with van der Waals surface area (Å²) in [5.41, 5.74) is 1.48. The first-order valence-corrected chi connectivity index (χ1v) is 7.24. The van der Waals surface area contributed by atoms with Gasteiger partial charge in [-0.2, -0.15) is 0 Å². The highest BCUT2D eigenvalue weighted by molar-refractivity contribution is 5.19. The number of rotatable bonds is 9. The molecule has 0 aliphatic carbocycles. The Balaban J connectivity index is 2.32. The van der Waals surface area contributed by atoms with Gasteiger partial charge in [0.15, 0.2) is 0 Å². The molecule has 0 bridgehead atoms. The molecule has 0 aliphatic heterocycles. The summed E-state index contributed by atoms with van der Waals surface area (Å²) < 4.78 is 0. The Kier molecular flexibility index (Phi) is 7.79. The first-order valence-electron chi connectivity index (χ1n) is 7.24. The molecule has 0 unspecified atom stereocenters. The number of benzene rings is 1. The molecule has 0 heteroatoms. The van der Waals surface area contributed by atoms with Gasteiger partial charge in [0.2, 0.25) is 0 Å². The van der Waals surface area contributed by atoms with Gasteiger partial charge in [0.1, 0.15) is 0 Å². The van der Waals surface area contributed by atoms with Crippen LogP contribution < -0.4 is 0 Å². The Morgan fingerprint density at radius 3 is 2.24 bits per heavy atom. The monoisotopic (exact) mass is 231 g/mol. The number of hydrogen-bond acceptors (Lipinski definition) is 0. The molecule has 1 rings (SSSR count). The van der Waals surface area contributed by atoms with Gasteiger partial charge in [-0.25, -0.2) is 0 Å². The SMILES string of the molecule is CCCCCC[C](CCC)Cc1ccccc1. The molecule has 95 valence electrons. The standard InChI is InChI=1S/C17H27/c1-3-5-6-8-12-16(11-4-2)15-17-13-9-7-10-14-17/h7,9-10,13-14H,3-6,8,11-12,15H2,1-2H3. The Morgan fingerprint density at radius 1 is 0.824 bits per heavy atom. The van der Waals surface area contributed by atoms with Gasteiger partial charge in [-0.15, -0.1) is 0 Å². The second-order valence-electron chi connectivity index (χ2n) is 4.97. The largest absolute Gasteiger partial charge is 0.0654 e. The lowest BCUT2D eigenvalue weighted by molar-refractivity contribution is 0.594. The molecule has 0 saturated carbocycles. The van der Waals surface area contributed by atoms with E-state index in [1.807, 2.05) is 0 Å². The summed E-state index contributed by atoms with van der Waals surface area (Å²) in [4.78, 5) is 0. The molecule has 0 aromatic heterocycles. The van der Waals surface area contributed by atoms with Crippen molar-refractivity contribution < 1.29 is 0 Å². The van der Waals surface area contributed by atoms with Crippen molar-refractivity contribution in [1.82, 2.24) is 0 Å². The molecule has 0 aliphatic rings. The molecule has 17 heavy (non-hydrogen) atoms. The van der Waals surface area contributed by atoms with Crippen molar-refractivity contribution in [3.05, 3.63) is 41.8 Å². The van der Waals surface area contributed by atoms with Crippen LogP contribution in [0.3, 0.4) is 0 Å². The Morgan fingerprint density at radius 2 is 1.59 bits per heavy atom. The van der Waals surface area contributed by atoms with E-state index in [0.717, 1.165) is 0 Å². The first-order chi connectivity index (χ1) is 8.36. The van der Waals surface area contributed by atoms with Gasteiger partial charge in [-0.1, -0.05) is 76.3 Å². The average Bonchev–Trinajstić information content (AvgIpc) is 2.36. The molecule has 1 aromatic rings. The van der Waals surface area contributed by atoms with Crippen LogP contribution in [0.5, 0.6) is 0 Å². The molecule has 0 saturated heterocycles. The summed E-state index contributed by atoms with van der Waals surface area (Å²) in [7, 11) is 0. The van der Waals surface area contributed by atoms with Crippen LogP contribution in [0.25, 0.3) is 0 Å². The van der Waals surface area contributed by atoms with Crippen molar-refractivity contribution >= 4 is 0 Å². The van der Waals surface area contributed by atoms with Gasteiger partial charge in [-0.3, -0.25) is 0 Å². The van der Waals surface area contributed by atoms with E-state index in [1.54, 1.807) is 5.92 Å². The molecular weight excluding hydrogens is 204 g/mol. The third kappa shape index (κ3) is 6.51. The molecular formula is C17H27. The minimum atomic E-state index is 1.20. The lowest BCUT2D eigenvalue weighted by Gasteiger charge is -2.15. The zero-order valence-corrected chi connectivity index (χ0v) is 11.5. The predicted molar refractivity (Wildman–Crippen MR) is 77.1 cm³/mol. The van der Waals surface area contributed by atoms with Crippen LogP contribution in [0, 0.1) is 5.92 Å². The van der Waals surface area contributed by atoms with Crippen LogP contribution in [-0.2, 0) is 6.42 Å². The van der Waals surface area contributed by atoms with Gasteiger partial charge in [-0.05, 0) is 30.7 Å². The van der Waals surface area contributed by atoms with E-state index in [-0.39, 0.29) is 0 Å². The summed E-state index contributed by atoms with van der Waals surface area (Å²) in [5, 5.41) is 0. The van der Waals surface area contributed by atoms with E-state index in [2.05, 4.69) is 44.2 Å². The van der Waals surface area contributed by atoms with Crippen molar-refractivity contribution in [2.75, 3.05) is 0 Å². The predicted octanol–water partition coefficient (Wildman–Crippen LogP) is 5.57. The maximum atomic E-state index is 2.29. The van der Waals surface area contributed by atoms with Crippen LogP contribution in [0.2, 0.25) is 0 Å². The van der Waals surface area contributed by atoms with Crippen LogP contribution in [-0.4, -0.2) is 0 Å². The quantitative estimate of drug-likeness (QED) is 0.487. The highest BCUT2D eigenvalue weighted by Crippen LogP contribution is 2.22. The van der Waals surface area contributed by atoms with E-state index < -0.39 is 0 Å². The fourth-order valence-electron chi connectivity index (χ4n) is 2.34. The van der Waals surface area contributed by atoms with E-state index in [4.69, 9.17) is 0 Å². The minimum absolute atomic E-state index is 1.20. The highest BCUT2D eigenvalue weighted by atomic mass is 14.1. The molecule has 1 aromatic carbocycles. The van der Waals surface area contributed by atoms with Crippen LogP contribution in [0.1, 0.15) is 64.4 Å². The summed E-state index contributed by atoms with van der Waals surface area (Å²) in [6.45, 7) is 4.57. The molecule has 0 heterocycles. The Hall–Kier alpha value is -0.780. The third-order valence-electron chi connectivity index (χ3n) is 3.28. The minimum Gasteiger partial charge on any atom is -0.0654 e. The molecule has 0 nitrogen and oxygen atoms in total. The topological polar surface area (TPSA) is 0 Å². The van der Waals surface area contributed by atoms with Crippen molar-refractivity contribution in [3.8, 4) is 0 Å². The zero-order chi connectivity index (χ0) is 12.3.